The Labute approximate surface area is 90.8 Å². The molecule has 1 aromatic rings. The minimum absolute atomic E-state index is 0.166. The van der Waals surface area contributed by atoms with Gasteiger partial charge in [0.05, 0.1) is 6.61 Å². The van der Waals surface area contributed by atoms with Crippen molar-refractivity contribution in [1.29, 1.82) is 0 Å². The van der Waals surface area contributed by atoms with E-state index < -0.39 is 5.97 Å². The third kappa shape index (κ3) is 3.01. The number of aliphatic hydroxyl groups excluding tert-OH is 1. The van der Waals surface area contributed by atoms with Gasteiger partial charge in [-0.3, -0.25) is 0 Å². The second-order valence-corrected chi connectivity index (χ2v) is 5.13. The quantitative estimate of drug-likeness (QED) is 0.762. The molecule has 78 valence electrons. The van der Waals surface area contributed by atoms with E-state index in [-0.39, 0.29) is 6.61 Å². The average molecular weight is 232 g/mol. The standard InChI is InChI=1S/C9H12O3S2/c1-6-7(5-13-3-2-10)4-8(14-6)9(11)12/h4,10H,2-3,5H2,1H3,(H,11,12). The molecule has 1 aromatic heterocycles. The predicted octanol–water partition coefficient (Wildman–Crippen LogP) is 1.98. The maximum atomic E-state index is 10.7. The van der Waals surface area contributed by atoms with Gasteiger partial charge in [-0.15, -0.1) is 11.3 Å². The minimum Gasteiger partial charge on any atom is -0.477 e. The first-order chi connectivity index (χ1) is 6.65. The van der Waals surface area contributed by atoms with Crippen LogP contribution in [0.3, 0.4) is 0 Å². The van der Waals surface area contributed by atoms with Crippen molar-refractivity contribution >= 4 is 29.1 Å². The molecule has 0 unspecified atom stereocenters. The molecule has 0 aromatic carbocycles. The molecule has 0 radical (unpaired) electrons. The van der Waals surface area contributed by atoms with Crippen molar-refractivity contribution in [1.82, 2.24) is 0 Å². The number of thioether (sulfide) groups is 1. The molecule has 0 saturated heterocycles. The van der Waals surface area contributed by atoms with Crippen LogP contribution in [0.2, 0.25) is 0 Å². The van der Waals surface area contributed by atoms with Gasteiger partial charge in [0, 0.05) is 16.4 Å². The van der Waals surface area contributed by atoms with Crippen molar-refractivity contribution < 1.29 is 15.0 Å². The lowest BCUT2D eigenvalue weighted by Crippen LogP contribution is -1.91. The zero-order valence-corrected chi connectivity index (χ0v) is 9.45. The van der Waals surface area contributed by atoms with Gasteiger partial charge in [0.2, 0.25) is 0 Å². The highest BCUT2D eigenvalue weighted by molar-refractivity contribution is 7.98. The molecular formula is C9H12O3S2. The Balaban J connectivity index is 2.63. The Morgan fingerprint density at radius 1 is 1.64 bits per heavy atom. The molecule has 0 fully saturated rings. The van der Waals surface area contributed by atoms with Gasteiger partial charge < -0.3 is 10.2 Å². The van der Waals surface area contributed by atoms with E-state index in [2.05, 4.69) is 0 Å². The highest BCUT2D eigenvalue weighted by Crippen LogP contribution is 2.25. The van der Waals surface area contributed by atoms with Gasteiger partial charge in [-0.05, 0) is 18.6 Å². The summed E-state index contributed by atoms with van der Waals surface area (Å²) in [6, 6.07) is 1.71. The molecule has 3 nitrogen and oxygen atoms in total. The largest absolute Gasteiger partial charge is 0.477 e. The summed E-state index contributed by atoms with van der Waals surface area (Å²) in [7, 11) is 0. The van der Waals surface area contributed by atoms with Crippen molar-refractivity contribution in [3.05, 3.63) is 21.4 Å². The number of rotatable bonds is 5. The van der Waals surface area contributed by atoms with Crippen molar-refractivity contribution in [2.45, 2.75) is 12.7 Å². The first-order valence-corrected chi connectivity index (χ1v) is 6.13. The molecule has 0 aliphatic carbocycles. The molecule has 0 spiro atoms. The van der Waals surface area contributed by atoms with Crippen molar-refractivity contribution in [3.63, 3.8) is 0 Å². The molecule has 1 heterocycles. The number of carbonyl (C=O) groups is 1. The van der Waals surface area contributed by atoms with Crippen LogP contribution in [0.5, 0.6) is 0 Å². The van der Waals surface area contributed by atoms with E-state index in [1.165, 1.54) is 11.3 Å². The summed E-state index contributed by atoms with van der Waals surface area (Å²) in [6.07, 6.45) is 0. The summed E-state index contributed by atoms with van der Waals surface area (Å²) in [4.78, 5) is 12.1. The Morgan fingerprint density at radius 3 is 2.86 bits per heavy atom. The van der Waals surface area contributed by atoms with Crippen LogP contribution in [0.25, 0.3) is 0 Å². The molecule has 2 N–H and O–H groups in total. The molecule has 0 aliphatic heterocycles. The molecular weight excluding hydrogens is 220 g/mol. The van der Waals surface area contributed by atoms with E-state index in [4.69, 9.17) is 10.2 Å². The normalized spacial score (nSPS) is 10.4. The van der Waals surface area contributed by atoms with Crippen LogP contribution < -0.4 is 0 Å². The number of aliphatic hydroxyl groups is 1. The van der Waals surface area contributed by atoms with E-state index in [1.807, 2.05) is 6.92 Å². The summed E-state index contributed by atoms with van der Waals surface area (Å²) in [5, 5.41) is 17.4. The van der Waals surface area contributed by atoms with Crippen LogP contribution in [0.1, 0.15) is 20.1 Å². The molecule has 0 atom stereocenters. The third-order valence-corrected chi connectivity index (χ3v) is 3.79. The zero-order valence-electron chi connectivity index (χ0n) is 7.82. The topological polar surface area (TPSA) is 57.5 Å². The Bertz CT molecular complexity index is 320. The SMILES string of the molecule is Cc1sc(C(=O)O)cc1CSCCO. The van der Waals surface area contributed by atoms with E-state index in [0.717, 1.165) is 16.2 Å². The average Bonchev–Trinajstić information content (AvgIpc) is 2.49. The molecule has 0 bridgehead atoms. The maximum Gasteiger partial charge on any atom is 0.345 e. The van der Waals surface area contributed by atoms with Gasteiger partial charge in [0.1, 0.15) is 4.88 Å². The summed E-state index contributed by atoms with van der Waals surface area (Å²) in [5.74, 6) is 0.602. The number of thiophene rings is 1. The highest BCUT2D eigenvalue weighted by atomic mass is 32.2. The number of hydrogen-bond acceptors (Lipinski definition) is 4. The zero-order chi connectivity index (χ0) is 10.6. The van der Waals surface area contributed by atoms with Crippen LogP contribution in [-0.4, -0.2) is 28.5 Å². The van der Waals surface area contributed by atoms with Gasteiger partial charge in [0.15, 0.2) is 0 Å². The second-order valence-electron chi connectivity index (χ2n) is 2.77. The fourth-order valence-electron chi connectivity index (χ4n) is 1.02. The van der Waals surface area contributed by atoms with Gasteiger partial charge in [-0.2, -0.15) is 11.8 Å². The highest BCUT2D eigenvalue weighted by Gasteiger charge is 2.10. The molecule has 0 amide bonds. The lowest BCUT2D eigenvalue weighted by molar-refractivity contribution is 0.0702. The fourth-order valence-corrected chi connectivity index (χ4v) is 2.78. The monoisotopic (exact) mass is 232 g/mol. The number of aryl methyl sites for hydroxylation is 1. The minimum atomic E-state index is -0.864. The first kappa shape index (κ1) is 11.6. The van der Waals surface area contributed by atoms with Crippen LogP contribution in [0.15, 0.2) is 6.07 Å². The van der Waals surface area contributed by atoms with Gasteiger partial charge in [0.25, 0.3) is 0 Å². The van der Waals surface area contributed by atoms with E-state index in [0.29, 0.717) is 10.6 Å². The van der Waals surface area contributed by atoms with Gasteiger partial charge in [-0.1, -0.05) is 0 Å². The Kier molecular flexibility index (Phi) is 4.44. The summed E-state index contributed by atoms with van der Waals surface area (Å²) in [5.41, 5.74) is 1.06. The number of hydrogen-bond donors (Lipinski definition) is 2. The van der Waals surface area contributed by atoms with Crippen LogP contribution in [0.4, 0.5) is 0 Å². The molecule has 5 heteroatoms. The van der Waals surface area contributed by atoms with E-state index in [1.54, 1.807) is 17.8 Å². The molecule has 0 saturated carbocycles. The Morgan fingerprint density at radius 2 is 2.36 bits per heavy atom. The number of carboxylic acid groups (broad SMARTS) is 1. The van der Waals surface area contributed by atoms with Gasteiger partial charge in [-0.25, -0.2) is 4.79 Å². The summed E-state index contributed by atoms with van der Waals surface area (Å²) in [6.45, 7) is 2.09. The number of aromatic carboxylic acids is 1. The van der Waals surface area contributed by atoms with E-state index >= 15 is 0 Å². The maximum absolute atomic E-state index is 10.7. The summed E-state index contributed by atoms with van der Waals surface area (Å²) >= 11 is 2.91. The summed E-state index contributed by atoms with van der Waals surface area (Å²) < 4.78 is 0. The molecule has 14 heavy (non-hydrogen) atoms. The van der Waals surface area contributed by atoms with Crippen molar-refractivity contribution in [3.8, 4) is 0 Å². The van der Waals surface area contributed by atoms with Gasteiger partial charge >= 0.3 is 5.97 Å². The molecule has 0 aliphatic rings. The predicted molar refractivity (Wildman–Crippen MR) is 59.3 cm³/mol. The van der Waals surface area contributed by atoms with Crippen LogP contribution in [0, 0.1) is 6.92 Å². The van der Waals surface area contributed by atoms with E-state index in [9.17, 15) is 4.79 Å². The fraction of sp³-hybridized carbons (Fsp3) is 0.444. The van der Waals surface area contributed by atoms with Crippen LogP contribution >= 0.6 is 23.1 Å². The second kappa shape index (κ2) is 5.38. The smallest absolute Gasteiger partial charge is 0.345 e. The first-order valence-electron chi connectivity index (χ1n) is 4.16. The van der Waals surface area contributed by atoms with Crippen molar-refractivity contribution in [2.24, 2.45) is 0 Å². The number of carboxylic acids is 1. The lowest BCUT2D eigenvalue weighted by atomic mass is 10.3. The third-order valence-electron chi connectivity index (χ3n) is 1.72. The lowest BCUT2D eigenvalue weighted by Gasteiger charge is -1.97. The Hall–Kier alpha value is -0.520. The molecule has 1 rings (SSSR count). The van der Waals surface area contributed by atoms with Crippen LogP contribution in [-0.2, 0) is 5.75 Å². The van der Waals surface area contributed by atoms with Crippen molar-refractivity contribution in [2.75, 3.05) is 12.4 Å².